The van der Waals surface area contributed by atoms with Gasteiger partial charge in [0, 0.05) is 0 Å². The van der Waals surface area contributed by atoms with Crippen LogP contribution in [0.5, 0.6) is 0 Å². The number of aliphatic hydroxyl groups is 2. The molecule has 0 fully saturated rings. The van der Waals surface area contributed by atoms with Gasteiger partial charge in [-0.1, -0.05) is 0 Å². The van der Waals surface area contributed by atoms with Crippen LogP contribution in [0.3, 0.4) is 0 Å². The molecule has 9 heteroatoms. The molecular formula is C6H14MgO8. The van der Waals surface area contributed by atoms with Gasteiger partial charge in [0.2, 0.25) is 0 Å². The van der Waals surface area contributed by atoms with Crippen LogP contribution >= 0.6 is 0 Å². The number of rotatable bonds is 2. The maximum absolute atomic E-state index is 9.34. The minimum absolute atomic E-state index is 0. The first-order valence-corrected chi connectivity index (χ1v) is 3.06. The SMILES string of the molecule is C[C@H](O)C(=O)[O-].C[C@H](O)C(=O)[O-].O.O.[Mg+2]. The Kier molecular flexibility index (Phi) is 31.2. The Morgan fingerprint density at radius 2 is 1.00 bits per heavy atom. The Hall–Kier alpha value is -0.454. The Labute approximate surface area is 102 Å². The molecule has 8 nitrogen and oxygen atoms in total. The second-order valence-electron chi connectivity index (χ2n) is 1.99. The maximum Gasteiger partial charge on any atom is 2.00 e. The number of hydrogen-bond acceptors (Lipinski definition) is 6. The zero-order valence-electron chi connectivity index (χ0n) is 8.39. The second-order valence-corrected chi connectivity index (χ2v) is 1.99. The summed E-state index contributed by atoms with van der Waals surface area (Å²) < 4.78 is 0. The zero-order chi connectivity index (χ0) is 10.3. The Morgan fingerprint density at radius 1 is 0.933 bits per heavy atom. The molecule has 0 bridgehead atoms. The first-order valence-electron chi connectivity index (χ1n) is 3.06. The van der Waals surface area contributed by atoms with Crippen molar-refractivity contribution in [2.45, 2.75) is 26.1 Å². The van der Waals surface area contributed by atoms with Crippen LogP contribution < -0.4 is 10.2 Å². The molecule has 0 aliphatic carbocycles. The Bertz CT molecular complexity index is 139. The van der Waals surface area contributed by atoms with E-state index >= 15 is 0 Å². The maximum atomic E-state index is 9.34. The van der Waals surface area contributed by atoms with Gasteiger partial charge < -0.3 is 41.0 Å². The first kappa shape index (κ1) is 29.3. The summed E-state index contributed by atoms with van der Waals surface area (Å²) in [7, 11) is 0. The standard InChI is InChI=1S/2C3H6O3.Mg.2H2O/c2*1-2(4)3(5)6;;;/h2*2,4H,1H3,(H,5,6);;2*1H2/q;;+2;;/p-2/t2*2-;;;/m00.../s1. The fraction of sp³-hybridized carbons (Fsp3) is 0.667. The molecule has 0 aromatic rings. The molecule has 0 spiro atoms. The molecule has 2 atom stereocenters. The first-order chi connectivity index (χ1) is 5.29. The molecule has 0 aromatic carbocycles. The van der Waals surface area contributed by atoms with Crippen LogP contribution in [-0.2, 0) is 9.59 Å². The van der Waals surface area contributed by atoms with Crippen molar-refractivity contribution in [2.24, 2.45) is 0 Å². The molecule has 0 aliphatic rings. The summed E-state index contributed by atoms with van der Waals surface area (Å²) in [5.74, 6) is -2.87. The van der Waals surface area contributed by atoms with Crippen LogP contribution in [0.15, 0.2) is 0 Å². The fourth-order valence-corrected chi connectivity index (χ4v) is 0. The third-order valence-electron chi connectivity index (χ3n) is 0.682. The van der Waals surface area contributed by atoms with Gasteiger partial charge in [0.1, 0.15) is 0 Å². The minimum atomic E-state index is -1.44. The molecule has 0 amide bonds. The van der Waals surface area contributed by atoms with Crippen LogP contribution in [0.1, 0.15) is 13.8 Å². The third kappa shape index (κ3) is 31.7. The molecule has 0 unspecified atom stereocenters. The number of carbonyl (C=O) groups excluding carboxylic acids is 2. The normalized spacial score (nSPS) is 10.9. The molecule has 0 saturated heterocycles. The Morgan fingerprint density at radius 3 is 1.00 bits per heavy atom. The van der Waals surface area contributed by atoms with E-state index in [4.69, 9.17) is 10.2 Å². The topological polar surface area (TPSA) is 184 Å². The molecular weight excluding hydrogens is 224 g/mol. The molecule has 0 radical (unpaired) electrons. The minimum Gasteiger partial charge on any atom is -0.547 e. The quantitative estimate of drug-likeness (QED) is 0.451. The number of carboxylic acid groups (broad SMARTS) is 2. The largest absolute Gasteiger partial charge is 2.00 e. The molecule has 0 aromatic heterocycles. The summed E-state index contributed by atoms with van der Waals surface area (Å²) in [6.45, 7) is 2.27. The van der Waals surface area contributed by atoms with Crippen LogP contribution in [-0.4, -0.2) is 68.4 Å². The van der Waals surface area contributed by atoms with Gasteiger partial charge in [0.15, 0.2) is 0 Å². The Balaban J connectivity index is -0.0000000370. The van der Waals surface area contributed by atoms with Gasteiger partial charge >= 0.3 is 23.1 Å². The van der Waals surface area contributed by atoms with Gasteiger partial charge in [-0.2, -0.15) is 0 Å². The second kappa shape index (κ2) is 16.0. The van der Waals surface area contributed by atoms with E-state index in [0.29, 0.717) is 0 Å². The summed E-state index contributed by atoms with van der Waals surface area (Å²) >= 11 is 0. The van der Waals surface area contributed by atoms with Crippen LogP contribution in [0.25, 0.3) is 0 Å². The van der Waals surface area contributed by atoms with E-state index < -0.39 is 24.1 Å². The molecule has 15 heavy (non-hydrogen) atoms. The van der Waals surface area contributed by atoms with Crippen molar-refractivity contribution in [1.82, 2.24) is 0 Å². The van der Waals surface area contributed by atoms with Crippen LogP contribution in [0.2, 0.25) is 0 Å². The van der Waals surface area contributed by atoms with Crippen molar-refractivity contribution < 1.29 is 41.0 Å². The van der Waals surface area contributed by atoms with Crippen LogP contribution in [0.4, 0.5) is 0 Å². The summed E-state index contributed by atoms with van der Waals surface area (Å²) in [4.78, 5) is 18.7. The van der Waals surface area contributed by atoms with E-state index in [0.717, 1.165) is 13.8 Å². The fourth-order valence-electron chi connectivity index (χ4n) is 0. The average Bonchev–Trinajstić information content (AvgIpc) is 1.88. The van der Waals surface area contributed by atoms with Gasteiger partial charge in [-0.3, -0.25) is 0 Å². The molecule has 6 N–H and O–H groups in total. The molecule has 0 rings (SSSR count). The van der Waals surface area contributed by atoms with E-state index in [1.807, 2.05) is 0 Å². The van der Waals surface area contributed by atoms with Gasteiger partial charge in [-0.15, -0.1) is 0 Å². The summed E-state index contributed by atoms with van der Waals surface area (Å²) in [6.07, 6.45) is -2.69. The third-order valence-corrected chi connectivity index (χ3v) is 0.682. The van der Waals surface area contributed by atoms with Crippen LogP contribution in [0, 0.1) is 0 Å². The zero-order valence-corrected chi connectivity index (χ0v) is 9.80. The number of carbonyl (C=O) groups is 2. The predicted molar refractivity (Wildman–Crippen MR) is 46.4 cm³/mol. The predicted octanol–water partition coefficient (Wildman–Crippen LogP) is -5.80. The van der Waals surface area contributed by atoms with Crippen molar-refractivity contribution >= 4 is 35.0 Å². The number of hydrogen-bond donors (Lipinski definition) is 2. The van der Waals surface area contributed by atoms with Gasteiger partial charge in [-0.25, -0.2) is 0 Å². The summed E-state index contributed by atoms with van der Waals surface area (Å²) in [6, 6.07) is 0. The molecule has 0 saturated carbocycles. The van der Waals surface area contributed by atoms with E-state index in [9.17, 15) is 19.8 Å². The number of carboxylic acids is 2. The monoisotopic (exact) mass is 238 g/mol. The number of aliphatic carboxylic acids is 2. The van der Waals surface area contributed by atoms with Crippen molar-refractivity contribution in [3.8, 4) is 0 Å². The van der Waals surface area contributed by atoms with Crippen molar-refractivity contribution in [2.75, 3.05) is 0 Å². The molecule has 88 valence electrons. The van der Waals surface area contributed by atoms with Gasteiger partial charge in [0.05, 0.1) is 24.1 Å². The van der Waals surface area contributed by atoms with E-state index in [-0.39, 0.29) is 34.0 Å². The van der Waals surface area contributed by atoms with E-state index in [1.54, 1.807) is 0 Å². The van der Waals surface area contributed by atoms with Crippen molar-refractivity contribution in [3.63, 3.8) is 0 Å². The average molecular weight is 238 g/mol. The summed E-state index contributed by atoms with van der Waals surface area (Å²) in [5, 5.41) is 34.6. The smallest absolute Gasteiger partial charge is 0.547 e. The van der Waals surface area contributed by atoms with E-state index in [2.05, 4.69) is 0 Å². The van der Waals surface area contributed by atoms with Crippen molar-refractivity contribution in [1.29, 1.82) is 0 Å². The molecule has 0 aliphatic heterocycles. The number of aliphatic hydroxyl groups excluding tert-OH is 2. The van der Waals surface area contributed by atoms with Gasteiger partial charge in [0.25, 0.3) is 0 Å². The van der Waals surface area contributed by atoms with Crippen molar-refractivity contribution in [3.05, 3.63) is 0 Å². The van der Waals surface area contributed by atoms with E-state index in [1.165, 1.54) is 0 Å². The van der Waals surface area contributed by atoms with Gasteiger partial charge in [-0.05, 0) is 13.8 Å². The summed E-state index contributed by atoms with van der Waals surface area (Å²) in [5.41, 5.74) is 0. The molecule has 0 heterocycles.